The number of ether oxygens (including phenoxy) is 1. The molecule has 0 aliphatic heterocycles. The van der Waals surface area contributed by atoms with E-state index in [4.69, 9.17) is 14.9 Å². The first-order chi connectivity index (χ1) is 14.5. The summed E-state index contributed by atoms with van der Waals surface area (Å²) in [5.74, 6) is -0.542. The van der Waals surface area contributed by atoms with Gasteiger partial charge in [-0.1, -0.05) is 30.3 Å². The van der Waals surface area contributed by atoms with Crippen molar-refractivity contribution in [3.05, 3.63) is 75.6 Å². The summed E-state index contributed by atoms with van der Waals surface area (Å²) in [4.78, 5) is 38.6. The van der Waals surface area contributed by atoms with Crippen molar-refractivity contribution in [1.29, 1.82) is 0 Å². The molecule has 7 nitrogen and oxygen atoms in total. The molecule has 1 atom stereocenters. The average molecular weight is 422 g/mol. The lowest BCUT2D eigenvalue weighted by Crippen LogP contribution is -2.46. The van der Waals surface area contributed by atoms with Crippen molar-refractivity contribution in [2.24, 2.45) is 0 Å². The van der Waals surface area contributed by atoms with Gasteiger partial charge in [-0.05, 0) is 51.0 Å². The number of aryl methyl sites for hydroxylation is 1. The van der Waals surface area contributed by atoms with Crippen molar-refractivity contribution in [3.63, 3.8) is 0 Å². The molecule has 7 heteroatoms. The van der Waals surface area contributed by atoms with Crippen LogP contribution in [-0.4, -0.2) is 23.5 Å². The number of benzene rings is 2. The first-order valence-electron chi connectivity index (χ1n) is 9.96. The van der Waals surface area contributed by atoms with Crippen LogP contribution in [0.25, 0.3) is 11.0 Å². The lowest BCUT2D eigenvalue weighted by atomic mass is 9.94. The maximum Gasteiger partial charge on any atom is 0.408 e. The Hall–Kier alpha value is -3.61. The third kappa shape index (κ3) is 5.31. The molecule has 1 heterocycles. The van der Waals surface area contributed by atoms with E-state index in [9.17, 15) is 14.4 Å². The van der Waals surface area contributed by atoms with E-state index < -0.39 is 29.1 Å². The summed E-state index contributed by atoms with van der Waals surface area (Å²) in [6.07, 6.45) is -0.546. The molecule has 0 saturated carbocycles. The number of Topliss-reactive ketones (excluding diaryl/α,β-unsaturated/α-hetero) is 1. The molecule has 0 bridgehead atoms. The van der Waals surface area contributed by atoms with Gasteiger partial charge in [0, 0.05) is 23.6 Å². The van der Waals surface area contributed by atoms with Gasteiger partial charge in [-0.15, -0.1) is 0 Å². The number of nitrogens with two attached hydrogens (primary N) is 1. The van der Waals surface area contributed by atoms with Gasteiger partial charge in [0.15, 0.2) is 5.78 Å². The Labute approximate surface area is 180 Å². The van der Waals surface area contributed by atoms with Crippen molar-refractivity contribution in [2.75, 3.05) is 5.73 Å². The molecule has 0 radical (unpaired) electrons. The summed E-state index contributed by atoms with van der Waals surface area (Å²) in [7, 11) is 0. The van der Waals surface area contributed by atoms with Crippen LogP contribution in [0.15, 0.2) is 57.7 Å². The van der Waals surface area contributed by atoms with Gasteiger partial charge in [-0.2, -0.15) is 0 Å². The Kier molecular flexibility index (Phi) is 6.15. The second kappa shape index (κ2) is 8.63. The lowest BCUT2D eigenvalue weighted by molar-refractivity contribution is 0.0491. The molecule has 1 aromatic heterocycles. The quantitative estimate of drug-likeness (QED) is 0.365. The number of amides is 1. The first-order valence-corrected chi connectivity index (χ1v) is 9.96. The van der Waals surface area contributed by atoms with Crippen LogP contribution in [0.5, 0.6) is 0 Å². The number of hydrogen-bond donors (Lipinski definition) is 2. The number of ketones is 1. The predicted octanol–water partition coefficient (Wildman–Crippen LogP) is 4.00. The third-order valence-electron chi connectivity index (χ3n) is 4.73. The summed E-state index contributed by atoms with van der Waals surface area (Å²) in [6.45, 7) is 6.87. The van der Waals surface area contributed by atoms with E-state index in [0.717, 1.165) is 5.56 Å². The zero-order chi connectivity index (χ0) is 22.8. The van der Waals surface area contributed by atoms with Crippen LogP contribution in [0.1, 0.15) is 42.3 Å². The number of nitrogen functional groups attached to an aromatic ring is 1. The highest BCUT2D eigenvalue weighted by molar-refractivity contribution is 6.05. The minimum atomic E-state index is -1.01. The van der Waals surface area contributed by atoms with Crippen LogP contribution in [-0.2, 0) is 11.2 Å². The van der Waals surface area contributed by atoms with Gasteiger partial charge < -0.3 is 20.2 Å². The number of alkyl carbamates (subject to hydrolysis) is 1. The minimum Gasteiger partial charge on any atom is -0.444 e. The largest absolute Gasteiger partial charge is 0.444 e. The Morgan fingerprint density at radius 3 is 2.45 bits per heavy atom. The van der Waals surface area contributed by atoms with E-state index in [1.54, 1.807) is 45.9 Å². The van der Waals surface area contributed by atoms with Crippen molar-refractivity contribution in [2.45, 2.75) is 45.8 Å². The standard InChI is InChI=1S/C24H26N2O5/c1-14-17-11-10-16(25)13-19(17)30-22(28)20(14)21(27)18(12-15-8-6-5-7-9-15)26-23(29)31-24(2,3)4/h5-11,13,18H,12,25H2,1-4H3,(H,26,29)/t18-/m0/s1. The van der Waals surface area contributed by atoms with Crippen LogP contribution >= 0.6 is 0 Å². The van der Waals surface area contributed by atoms with Crippen LogP contribution in [0.2, 0.25) is 0 Å². The number of nitrogens with one attached hydrogen (secondary N) is 1. The van der Waals surface area contributed by atoms with Crippen molar-refractivity contribution in [1.82, 2.24) is 5.32 Å². The fraction of sp³-hybridized carbons (Fsp3) is 0.292. The van der Waals surface area contributed by atoms with Gasteiger partial charge >= 0.3 is 11.7 Å². The van der Waals surface area contributed by atoms with Gasteiger partial charge in [0.2, 0.25) is 0 Å². The highest BCUT2D eigenvalue weighted by Crippen LogP contribution is 2.23. The molecule has 0 spiro atoms. The molecule has 0 saturated heterocycles. The van der Waals surface area contributed by atoms with Crippen LogP contribution in [0.4, 0.5) is 10.5 Å². The topological polar surface area (TPSA) is 112 Å². The third-order valence-corrected chi connectivity index (χ3v) is 4.73. The van der Waals surface area contributed by atoms with E-state index in [0.29, 0.717) is 22.2 Å². The molecule has 0 aliphatic rings. The maximum absolute atomic E-state index is 13.4. The van der Waals surface area contributed by atoms with Gasteiger partial charge in [0.1, 0.15) is 16.7 Å². The zero-order valence-electron chi connectivity index (χ0n) is 18.0. The monoisotopic (exact) mass is 422 g/mol. The first kappa shape index (κ1) is 22.1. The maximum atomic E-state index is 13.4. The summed E-state index contributed by atoms with van der Waals surface area (Å²) < 4.78 is 10.7. The number of carbonyl (C=O) groups excluding carboxylic acids is 2. The van der Waals surface area contributed by atoms with Crippen LogP contribution in [0.3, 0.4) is 0 Å². The van der Waals surface area contributed by atoms with Crippen molar-refractivity contribution < 1.29 is 18.7 Å². The Morgan fingerprint density at radius 2 is 1.81 bits per heavy atom. The number of hydrogen-bond acceptors (Lipinski definition) is 6. The Morgan fingerprint density at radius 1 is 1.13 bits per heavy atom. The molecule has 162 valence electrons. The number of fused-ring (bicyclic) bond motifs is 1. The molecule has 0 unspecified atom stereocenters. The van der Waals surface area contributed by atoms with Crippen LogP contribution in [0, 0.1) is 6.92 Å². The molecule has 31 heavy (non-hydrogen) atoms. The van der Waals surface area contributed by atoms with E-state index in [2.05, 4.69) is 5.32 Å². The average Bonchev–Trinajstić information content (AvgIpc) is 2.66. The number of rotatable bonds is 5. The molecule has 2 aromatic carbocycles. The van der Waals surface area contributed by atoms with Crippen molar-refractivity contribution >= 4 is 28.5 Å². The summed E-state index contributed by atoms with van der Waals surface area (Å²) >= 11 is 0. The Bertz CT molecular complexity index is 1180. The Balaban J connectivity index is 2.02. The fourth-order valence-electron chi connectivity index (χ4n) is 3.34. The highest BCUT2D eigenvalue weighted by Gasteiger charge is 2.29. The number of carbonyl (C=O) groups is 2. The molecular formula is C24H26N2O5. The molecule has 3 aromatic rings. The fourth-order valence-corrected chi connectivity index (χ4v) is 3.34. The smallest absolute Gasteiger partial charge is 0.408 e. The van der Waals surface area contributed by atoms with Crippen molar-refractivity contribution in [3.8, 4) is 0 Å². The second-order valence-electron chi connectivity index (χ2n) is 8.40. The highest BCUT2D eigenvalue weighted by atomic mass is 16.6. The lowest BCUT2D eigenvalue weighted by Gasteiger charge is -2.23. The van der Waals surface area contributed by atoms with E-state index in [1.807, 2.05) is 30.3 Å². The van der Waals surface area contributed by atoms with E-state index in [-0.39, 0.29) is 12.0 Å². The summed E-state index contributed by atoms with van der Waals surface area (Å²) in [6, 6.07) is 13.1. The molecule has 3 N–H and O–H groups in total. The zero-order valence-corrected chi connectivity index (χ0v) is 18.0. The minimum absolute atomic E-state index is 0.103. The molecule has 0 fully saturated rings. The van der Waals surface area contributed by atoms with Gasteiger partial charge in [-0.3, -0.25) is 4.79 Å². The molecule has 0 aliphatic carbocycles. The van der Waals surface area contributed by atoms with Crippen LogP contribution < -0.4 is 16.7 Å². The summed E-state index contributed by atoms with van der Waals surface area (Å²) in [5.41, 5.74) is 6.21. The predicted molar refractivity (Wildman–Crippen MR) is 119 cm³/mol. The summed E-state index contributed by atoms with van der Waals surface area (Å²) in [5, 5.41) is 3.23. The van der Waals surface area contributed by atoms with Gasteiger partial charge in [-0.25, -0.2) is 9.59 Å². The molecular weight excluding hydrogens is 396 g/mol. The van der Waals surface area contributed by atoms with Gasteiger partial charge in [0.05, 0.1) is 6.04 Å². The SMILES string of the molecule is Cc1c(C(=O)[C@H](Cc2ccccc2)NC(=O)OC(C)(C)C)c(=O)oc2cc(N)ccc12. The van der Waals surface area contributed by atoms with E-state index >= 15 is 0 Å². The molecule has 1 amide bonds. The molecule has 3 rings (SSSR count). The van der Waals surface area contributed by atoms with Gasteiger partial charge in [0.25, 0.3) is 0 Å². The van der Waals surface area contributed by atoms with E-state index in [1.165, 1.54) is 0 Å². The second-order valence-corrected chi connectivity index (χ2v) is 8.40. The normalized spacial score (nSPS) is 12.4. The number of anilines is 1.